The van der Waals surface area contributed by atoms with E-state index in [9.17, 15) is 4.79 Å². The van der Waals surface area contributed by atoms with Crippen molar-refractivity contribution in [3.63, 3.8) is 0 Å². The van der Waals surface area contributed by atoms with Gasteiger partial charge in [0.15, 0.2) is 5.82 Å². The van der Waals surface area contributed by atoms with Crippen molar-refractivity contribution in [1.29, 1.82) is 0 Å². The lowest BCUT2D eigenvalue weighted by Gasteiger charge is -2.08. The molecule has 4 aromatic rings. The summed E-state index contributed by atoms with van der Waals surface area (Å²) in [4.78, 5) is 16.4. The Bertz CT molecular complexity index is 1090. The van der Waals surface area contributed by atoms with Crippen LogP contribution in [0.15, 0.2) is 72.1 Å². The average Bonchev–Trinajstić information content (AvgIpc) is 3.08. The lowest BCUT2D eigenvalue weighted by molar-refractivity contribution is -0.113. The first-order valence-electron chi connectivity index (χ1n) is 8.23. The highest BCUT2D eigenvalue weighted by Gasteiger charge is 2.14. The molecule has 7 nitrogen and oxygen atoms in total. The molecule has 0 fully saturated rings. The maximum absolute atomic E-state index is 12.4. The van der Waals surface area contributed by atoms with Gasteiger partial charge in [-0.1, -0.05) is 48.2 Å². The highest BCUT2D eigenvalue weighted by Crippen LogP contribution is 2.24. The monoisotopic (exact) mass is 376 g/mol. The molecule has 0 unspecified atom stereocenters. The molecule has 8 heteroatoms. The second-order valence-corrected chi connectivity index (χ2v) is 6.72. The smallest absolute Gasteiger partial charge is 0.234 e. The molecule has 1 amide bonds. The van der Waals surface area contributed by atoms with Gasteiger partial charge in [-0.25, -0.2) is 4.68 Å². The van der Waals surface area contributed by atoms with Crippen molar-refractivity contribution in [1.82, 2.24) is 19.9 Å². The van der Waals surface area contributed by atoms with Crippen molar-refractivity contribution >= 4 is 34.1 Å². The van der Waals surface area contributed by atoms with E-state index in [0.29, 0.717) is 11.0 Å². The van der Waals surface area contributed by atoms with Crippen molar-refractivity contribution in [3.05, 3.63) is 67.0 Å². The van der Waals surface area contributed by atoms with E-state index in [2.05, 4.69) is 20.5 Å². The van der Waals surface area contributed by atoms with Crippen LogP contribution in [-0.4, -0.2) is 31.5 Å². The first-order valence-corrected chi connectivity index (χ1v) is 9.22. The zero-order chi connectivity index (χ0) is 18.6. The van der Waals surface area contributed by atoms with Crippen LogP contribution in [0.2, 0.25) is 0 Å². The number of fused-ring (bicyclic) bond motifs is 1. The summed E-state index contributed by atoms with van der Waals surface area (Å²) in [5, 5.41) is 13.7. The van der Waals surface area contributed by atoms with Crippen molar-refractivity contribution in [2.24, 2.45) is 0 Å². The lowest BCUT2D eigenvalue weighted by atomic mass is 10.1. The van der Waals surface area contributed by atoms with Gasteiger partial charge in [0.2, 0.25) is 11.1 Å². The summed E-state index contributed by atoms with van der Waals surface area (Å²) in [7, 11) is 0. The van der Waals surface area contributed by atoms with Gasteiger partial charge in [0.05, 0.1) is 5.75 Å². The van der Waals surface area contributed by atoms with Gasteiger partial charge < -0.3 is 11.2 Å². The Morgan fingerprint density at radius 2 is 1.81 bits per heavy atom. The molecular weight excluding hydrogens is 360 g/mol. The number of rotatable bonds is 5. The lowest BCUT2D eigenvalue weighted by Crippen LogP contribution is -2.16. The number of anilines is 1. The molecule has 0 saturated heterocycles. The normalized spacial score (nSPS) is 10.8. The summed E-state index contributed by atoms with van der Waals surface area (Å²) in [6.07, 6.45) is 3.32. The molecule has 0 aliphatic carbocycles. The number of nitrogen functional groups attached to an aromatic ring is 1. The van der Waals surface area contributed by atoms with Crippen molar-refractivity contribution < 1.29 is 4.79 Å². The molecule has 0 spiro atoms. The number of thioether (sulfide) groups is 1. The van der Waals surface area contributed by atoms with Gasteiger partial charge in [-0.05, 0) is 23.6 Å². The zero-order valence-corrected chi connectivity index (χ0v) is 15.1. The number of carbonyl (C=O) groups is 1. The highest BCUT2D eigenvalue weighted by atomic mass is 32.2. The van der Waals surface area contributed by atoms with Gasteiger partial charge >= 0.3 is 0 Å². The average molecular weight is 376 g/mol. The fraction of sp³-hybridized carbons (Fsp3) is 0.0526. The van der Waals surface area contributed by atoms with Crippen molar-refractivity contribution in [2.75, 3.05) is 16.9 Å². The predicted molar refractivity (Wildman–Crippen MR) is 107 cm³/mol. The molecule has 2 aromatic heterocycles. The van der Waals surface area contributed by atoms with Crippen LogP contribution in [0.4, 0.5) is 5.69 Å². The minimum absolute atomic E-state index is 0.134. The van der Waals surface area contributed by atoms with E-state index in [4.69, 9.17) is 5.84 Å². The van der Waals surface area contributed by atoms with E-state index in [-0.39, 0.29) is 11.7 Å². The molecule has 134 valence electrons. The van der Waals surface area contributed by atoms with Gasteiger partial charge in [0.1, 0.15) is 0 Å². The fourth-order valence-electron chi connectivity index (χ4n) is 2.72. The fourth-order valence-corrected chi connectivity index (χ4v) is 3.38. The summed E-state index contributed by atoms with van der Waals surface area (Å²) in [5.41, 5.74) is 1.59. The highest BCUT2D eigenvalue weighted by molar-refractivity contribution is 7.99. The molecule has 0 radical (unpaired) electrons. The van der Waals surface area contributed by atoms with Crippen LogP contribution in [0, 0.1) is 0 Å². The van der Waals surface area contributed by atoms with E-state index in [1.165, 1.54) is 16.4 Å². The molecule has 2 heterocycles. The van der Waals surface area contributed by atoms with Gasteiger partial charge in [0, 0.05) is 29.0 Å². The Balaban J connectivity index is 1.45. The zero-order valence-electron chi connectivity index (χ0n) is 14.2. The molecule has 0 bridgehead atoms. The Kier molecular flexibility index (Phi) is 4.71. The summed E-state index contributed by atoms with van der Waals surface area (Å²) in [6.45, 7) is 0. The van der Waals surface area contributed by atoms with E-state index < -0.39 is 0 Å². The molecule has 0 saturated carbocycles. The predicted octanol–water partition coefficient (Wildman–Crippen LogP) is 2.94. The number of pyridine rings is 1. The van der Waals surface area contributed by atoms with Crippen LogP contribution >= 0.6 is 11.8 Å². The SMILES string of the molecule is Nn1c(SCC(=O)Nc2cccc3ccccc23)nnc1-c1ccncc1. The molecular formula is C19H16N6OS. The van der Waals surface area contributed by atoms with Crippen LogP contribution in [0.25, 0.3) is 22.2 Å². The summed E-state index contributed by atoms with van der Waals surface area (Å²) >= 11 is 1.23. The van der Waals surface area contributed by atoms with Crippen LogP contribution in [0.3, 0.4) is 0 Å². The van der Waals surface area contributed by atoms with Gasteiger partial charge in [-0.15, -0.1) is 10.2 Å². The van der Waals surface area contributed by atoms with E-state index >= 15 is 0 Å². The quantitative estimate of drug-likeness (QED) is 0.410. The van der Waals surface area contributed by atoms with Crippen LogP contribution in [-0.2, 0) is 4.79 Å². The third kappa shape index (κ3) is 3.61. The topological polar surface area (TPSA) is 98.7 Å². The summed E-state index contributed by atoms with van der Waals surface area (Å²) in [5.74, 6) is 6.63. The number of nitrogens with zero attached hydrogens (tertiary/aromatic N) is 4. The van der Waals surface area contributed by atoms with Crippen LogP contribution in [0.5, 0.6) is 0 Å². The summed E-state index contributed by atoms with van der Waals surface area (Å²) < 4.78 is 1.38. The number of aromatic nitrogens is 4. The second kappa shape index (κ2) is 7.46. The van der Waals surface area contributed by atoms with Crippen molar-refractivity contribution in [3.8, 4) is 11.4 Å². The third-order valence-corrected chi connectivity index (χ3v) is 4.94. The number of carbonyl (C=O) groups excluding carboxylic acids is 1. The van der Waals surface area contributed by atoms with Gasteiger partial charge in [0.25, 0.3) is 0 Å². The first kappa shape index (κ1) is 17.0. The number of amides is 1. The second-order valence-electron chi connectivity index (χ2n) is 5.78. The number of nitrogens with two attached hydrogens (primary N) is 1. The van der Waals surface area contributed by atoms with Crippen LogP contribution in [0.1, 0.15) is 0 Å². The van der Waals surface area contributed by atoms with Gasteiger partial charge in [-0.2, -0.15) is 0 Å². The van der Waals surface area contributed by atoms with E-state index in [1.807, 2.05) is 42.5 Å². The summed E-state index contributed by atoms with van der Waals surface area (Å²) in [6, 6.07) is 17.3. The number of hydrogen-bond acceptors (Lipinski definition) is 6. The number of nitrogens with one attached hydrogen (secondary N) is 1. The Morgan fingerprint density at radius 1 is 1.04 bits per heavy atom. The minimum atomic E-state index is -0.134. The Labute approximate surface area is 159 Å². The van der Waals surface area contributed by atoms with E-state index in [0.717, 1.165) is 22.0 Å². The largest absolute Gasteiger partial charge is 0.335 e. The molecule has 0 aliphatic rings. The third-order valence-electron chi connectivity index (χ3n) is 4.00. The Hall–Kier alpha value is -3.39. The van der Waals surface area contributed by atoms with E-state index in [1.54, 1.807) is 24.5 Å². The minimum Gasteiger partial charge on any atom is -0.335 e. The molecule has 0 atom stereocenters. The number of benzene rings is 2. The Morgan fingerprint density at radius 3 is 2.67 bits per heavy atom. The maximum atomic E-state index is 12.4. The van der Waals surface area contributed by atoms with Crippen molar-refractivity contribution in [2.45, 2.75) is 5.16 Å². The molecule has 4 rings (SSSR count). The molecule has 2 aromatic carbocycles. The maximum Gasteiger partial charge on any atom is 0.234 e. The molecule has 3 N–H and O–H groups in total. The standard InChI is InChI=1S/C19H16N6OS/c20-25-18(14-8-10-21-11-9-14)23-24-19(25)27-12-17(26)22-16-7-3-5-13-4-1-2-6-15(13)16/h1-11H,12,20H2,(H,22,26). The molecule has 27 heavy (non-hydrogen) atoms. The van der Waals surface area contributed by atoms with Crippen LogP contribution < -0.4 is 11.2 Å². The number of hydrogen-bond donors (Lipinski definition) is 2. The first-order chi connectivity index (χ1) is 13.2. The van der Waals surface area contributed by atoms with Gasteiger partial charge in [-0.3, -0.25) is 9.78 Å². The molecule has 0 aliphatic heterocycles.